The van der Waals surface area contributed by atoms with Gasteiger partial charge in [0.15, 0.2) is 28.7 Å². The van der Waals surface area contributed by atoms with E-state index in [4.69, 9.17) is 30.7 Å². The van der Waals surface area contributed by atoms with Crippen LogP contribution in [0.3, 0.4) is 0 Å². The zero-order chi connectivity index (χ0) is 37.0. The van der Waals surface area contributed by atoms with Gasteiger partial charge in [0, 0.05) is 6.42 Å². The number of unbranched alkanes of at least 4 members (excludes halogenated alkanes) is 7. The van der Waals surface area contributed by atoms with Gasteiger partial charge in [-0.1, -0.05) is 88.1 Å². The number of carboxylic acid groups (broad SMARTS) is 1. The maximum Gasteiger partial charge on any atom is 0.407 e. The normalized spacial score (nSPS) is 21.2. The monoisotopic (exact) mass is 732 g/mol. The molecule has 17 heteroatoms. The Morgan fingerprint density at radius 3 is 2.55 bits per heavy atom. The first-order valence-corrected chi connectivity index (χ1v) is 18.6. The summed E-state index contributed by atoms with van der Waals surface area (Å²) in [5.74, 6) is -0.0757. The second-order valence-corrected chi connectivity index (χ2v) is 14.2. The van der Waals surface area contributed by atoms with E-state index in [1.807, 2.05) is 0 Å². The van der Waals surface area contributed by atoms with E-state index in [1.54, 1.807) is 30.3 Å². The van der Waals surface area contributed by atoms with Crippen LogP contribution in [0.15, 0.2) is 36.7 Å². The molecule has 3 aromatic rings. The molecule has 0 aliphatic carbocycles. The number of halogens is 1. The molecule has 1 fully saturated rings. The second-order valence-electron chi connectivity index (χ2n) is 12.4. The molecule has 2 aromatic heterocycles. The number of hydrogen-bond donors (Lipinski definition) is 4. The first-order chi connectivity index (χ1) is 24.4. The molecule has 1 aliphatic heterocycles. The number of esters is 1. The minimum Gasteiger partial charge on any atom is -0.480 e. The van der Waals surface area contributed by atoms with Crippen LogP contribution in [0.2, 0.25) is 0 Å². The molecular formula is C34H46FN6O9P. The van der Waals surface area contributed by atoms with Gasteiger partial charge < -0.3 is 25.4 Å². The zero-order valence-corrected chi connectivity index (χ0v) is 29.7. The number of aromatic nitrogens is 4. The number of aliphatic carboxylic acids is 1. The number of ether oxygens (including phenoxy) is 2. The van der Waals surface area contributed by atoms with E-state index in [2.05, 4.69) is 32.9 Å². The fraction of sp³-hybridized carbons (Fsp3) is 0.559. The van der Waals surface area contributed by atoms with Crippen molar-refractivity contribution >= 4 is 36.7 Å². The van der Waals surface area contributed by atoms with Gasteiger partial charge in [-0.3, -0.25) is 18.4 Å². The number of aliphatic hydroxyl groups excluding tert-OH is 1. The van der Waals surface area contributed by atoms with Gasteiger partial charge in [0.1, 0.15) is 25.0 Å². The standard InChI is InChI=1S/C34H46FN6O9P/c1-4-6-7-8-9-10-11-15-18-47-32(45)23(3)50-51(46,40-25(31(43)44)19-24-16-13-12-14-17-24)48-21-34(5-2)26(42)20-27(49-34)41-22-37-28-29(36)38-33(35)39-30(28)41/h2,12-14,16-17,22-23,25-27,42H,4,6-11,15,18-21H2,1,3H3,(H,40,46)(H,43,44)(H2,36,38,39)/t23-,25-,26-,27+,34+,51+/m0/s1. The van der Waals surface area contributed by atoms with Crippen LogP contribution in [0.5, 0.6) is 0 Å². The molecule has 0 amide bonds. The summed E-state index contributed by atoms with van der Waals surface area (Å²) in [7, 11) is -4.73. The average Bonchev–Trinajstić information content (AvgIpc) is 3.67. The average molecular weight is 733 g/mol. The van der Waals surface area contributed by atoms with Crippen LogP contribution in [0.4, 0.5) is 10.2 Å². The van der Waals surface area contributed by atoms with Crippen molar-refractivity contribution in [2.24, 2.45) is 0 Å². The summed E-state index contributed by atoms with van der Waals surface area (Å²) in [6.07, 6.45) is 10.1. The number of nitrogens with zero attached hydrogens (tertiary/aromatic N) is 4. The highest BCUT2D eigenvalue weighted by Gasteiger charge is 2.50. The maximum atomic E-state index is 14.3. The van der Waals surface area contributed by atoms with Gasteiger partial charge in [-0.25, -0.2) is 19.4 Å². The van der Waals surface area contributed by atoms with Crippen LogP contribution in [0.1, 0.15) is 83.4 Å². The largest absolute Gasteiger partial charge is 0.480 e. The number of nitrogens with one attached hydrogen (secondary N) is 1. The number of hydrogen-bond acceptors (Lipinski definition) is 12. The third-order valence-electron chi connectivity index (χ3n) is 8.50. The van der Waals surface area contributed by atoms with Crippen molar-refractivity contribution < 1.29 is 47.3 Å². The molecule has 5 N–H and O–H groups in total. The lowest BCUT2D eigenvalue weighted by Gasteiger charge is -2.30. The summed E-state index contributed by atoms with van der Waals surface area (Å²) in [5, 5.41) is 23.6. The summed E-state index contributed by atoms with van der Waals surface area (Å²) in [4.78, 5) is 36.5. The Hall–Kier alpha value is -3.97. The molecule has 4 rings (SSSR count). The Kier molecular flexibility index (Phi) is 14.4. The van der Waals surface area contributed by atoms with E-state index in [1.165, 1.54) is 37.1 Å². The number of terminal acetylenes is 1. The molecule has 1 aliphatic rings. The van der Waals surface area contributed by atoms with Crippen LogP contribution < -0.4 is 10.8 Å². The quantitative estimate of drug-likeness (QED) is 0.0385. The summed E-state index contributed by atoms with van der Waals surface area (Å²) in [6, 6.07) is 7.08. The number of fused-ring (bicyclic) bond motifs is 1. The van der Waals surface area contributed by atoms with Crippen molar-refractivity contribution in [1.29, 1.82) is 0 Å². The smallest absolute Gasteiger partial charge is 0.407 e. The Bertz CT molecular complexity index is 1710. The van der Waals surface area contributed by atoms with E-state index < -0.39 is 62.4 Å². The van der Waals surface area contributed by atoms with Crippen molar-refractivity contribution in [3.8, 4) is 12.3 Å². The first-order valence-electron chi connectivity index (χ1n) is 17.0. The fourth-order valence-corrected chi connectivity index (χ4v) is 7.27. The van der Waals surface area contributed by atoms with Crippen molar-refractivity contribution in [3.63, 3.8) is 0 Å². The van der Waals surface area contributed by atoms with E-state index in [-0.39, 0.29) is 36.4 Å². The van der Waals surface area contributed by atoms with Crippen LogP contribution in [-0.4, -0.2) is 78.7 Å². The summed E-state index contributed by atoms with van der Waals surface area (Å²) < 4.78 is 52.3. The second kappa shape index (κ2) is 18.5. The molecule has 278 valence electrons. The minimum atomic E-state index is -4.73. The molecule has 1 saturated heterocycles. The Morgan fingerprint density at radius 2 is 1.88 bits per heavy atom. The minimum absolute atomic E-state index is 0.0221. The van der Waals surface area contributed by atoms with E-state index in [0.717, 1.165) is 25.7 Å². The Balaban J connectivity index is 1.47. The van der Waals surface area contributed by atoms with E-state index >= 15 is 0 Å². The first kappa shape index (κ1) is 39.8. The predicted molar refractivity (Wildman–Crippen MR) is 184 cm³/mol. The highest BCUT2D eigenvalue weighted by Crippen LogP contribution is 2.49. The molecule has 0 unspecified atom stereocenters. The molecule has 0 bridgehead atoms. The van der Waals surface area contributed by atoms with Gasteiger partial charge in [-0.05, 0) is 25.3 Å². The van der Waals surface area contributed by atoms with Gasteiger partial charge in [0.05, 0.1) is 12.9 Å². The third kappa shape index (κ3) is 10.8. The summed E-state index contributed by atoms with van der Waals surface area (Å²) in [6.45, 7) is 2.81. The summed E-state index contributed by atoms with van der Waals surface area (Å²) >= 11 is 0. The number of carbonyl (C=O) groups is 2. The highest BCUT2D eigenvalue weighted by molar-refractivity contribution is 7.51. The van der Waals surface area contributed by atoms with E-state index in [0.29, 0.717) is 12.0 Å². The number of rotatable bonds is 21. The number of nitrogen functional groups attached to an aromatic ring is 1. The molecule has 1 aromatic carbocycles. The number of benzene rings is 1. The van der Waals surface area contributed by atoms with Gasteiger partial charge in [0.2, 0.25) is 0 Å². The third-order valence-corrected chi connectivity index (χ3v) is 10.2. The molecule has 6 atom stereocenters. The SMILES string of the molecule is C#C[C@]1(CO[P@](=O)(N[C@@H](Cc2ccccc2)C(=O)O)O[C@@H](C)C(=O)OCCCCCCCCCC)O[C@@H](n2cnc3c(N)nc(F)nc32)C[C@@H]1O. The lowest BCUT2D eigenvalue weighted by Crippen LogP contribution is -2.44. The highest BCUT2D eigenvalue weighted by atomic mass is 31.2. The molecule has 0 saturated carbocycles. The number of anilines is 1. The molecule has 51 heavy (non-hydrogen) atoms. The molecule has 3 heterocycles. The van der Waals surface area contributed by atoms with Gasteiger partial charge in [-0.2, -0.15) is 14.4 Å². The summed E-state index contributed by atoms with van der Waals surface area (Å²) in [5.41, 5.74) is 4.48. The Labute approximate surface area is 296 Å². The lowest BCUT2D eigenvalue weighted by atomic mass is 9.99. The number of carbonyl (C=O) groups excluding carboxylic acids is 1. The van der Waals surface area contributed by atoms with Crippen LogP contribution in [-0.2, 0) is 39.1 Å². The van der Waals surface area contributed by atoms with Gasteiger partial charge in [-0.15, -0.1) is 6.42 Å². The van der Waals surface area contributed by atoms with Crippen molar-refractivity contribution in [3.05, 3.63) is 48.3 Å². The molecule has 0 spiro atoms. The van der Waals surface area contributed by atoms with Crippen LogP contribution >= 0.6 is 7.75 Å². The van der Waals surface area contributed by atoms with Crippen molar-refractivity contribution in [2.45, 2.75) is 108 Å². The maximum absolute atomic E-state index is 14.3. The molecule has 15 nitrogen and oxygen atoms in total. The fourth-order valence-electron chi connectivity index (χ4n) is 5.63. The van der Waals surface area contributed by atoms with Crippen molar-refractivity contribution in [2.75, 3.05) is 18.9 Å². The topological polar surface area (TPSA) is 210 Å². The number of aliphatic hydroxyl groups is 1. The Morgan fingerprint density at radius 1 is 1.20 bits per heavy atom. The number of imidazole rings is 1. The predicted octanol–water partition coefficient (Wildman–Crippen LogP) is 4.70. The number of carboxylic acids is 1. The lowest BCUT2D eigenvalue weighted by molar-refractivity contribution is -0.152. The van der Waals surface area contributed by atoms with Gasteiger partial charge >= 0.3 is 25.8 Å². The van der Waals surface area contributed by atoms with E-state index in [9.17, 15) is 28.8 Å². The van der Waals surface area contributed by atoms with Crippen LogP contribution in [0, 0.1) is 18.4 Å². The molecular weight excluding hydrogens is 686 g/mol. The van der Waals surface area contributed by atoms with Crippen LogP contribution in [0.25, 0.3) is 11.2 Å². The van der Waals surface area contributed by atoms with Gasteiger partial charge in [0.25, 0.3) is 0 Å². The molecule has 0 radical (unpaired) electrons. The van der Waals surface area contributed by atoms with Crippen molar-refractivity contribution in [1.82, 2.24) is 24.6 Å². The number of nitrogens with two attached hydrogens (primary N) is 1. The zero-order valence-electron chi connectivity index (χ0n) is 28.8.